The van der Waals surface area contributed by atoms with E-state index in [2.05, 4.69) is 20.8 Å². The first-order chi connectivity index (χ1) is 10.8. The fourth-order valence-electron chi connectivity index (χ4n) is 2.16. The molecular weight excluding hydrogens is 298 g/mol. The maximum atomic E-state index is 12.5. The third kappa shape index (κ3) is 3.56. The third-order valence-corrected chi connectivity index (χ3v) is 4.15. The summed E-state index contributed by atoms with van der Waals surface area (Å²) in [5.74, 6) is -0.0930. The minimum Gasteiger partial charge on any atom is -0.349 e. The number of hydrogen-bond acceptors (Lipinski definition) is 5. The number of rotatable bonds is 6. The molecule has 0 radical (unpaired) electrons. The summed E-state index contributed by atoms with van der Waals surface area (Å²) < 4.78 is 1.50. The molecule has 0 aliphatic heterocycles. The van der Waals surface area contributed by atoms with Crippen LogP contribution >= 0.6 is 11.3 Å². The zero-order valence-electron chi connectivity index (χ0n) is 11.8. The number of nitrogens with one attached hydrogen (secondary N) is 1. The first kappa shape index (κ1) is 14.4. The van der Waals surface area contributed by atoms with Gasteiger partial charge in [0.15, 0.2) is 0 Å². The Bertz CT molecular complexity index is 697. The number of carbonyl (C=O) groups is 1. The Hall–Kier alpha value is -2.54. The van der Waals surface area contributed by atoms with Crippen LogP contribution in [-0.2, 0) is 17.8 Å². The second-order valence-electron chi connectivity index (χ2n) is 4.79. The Labute approximate surface area is 131 Å². The number of thiophene rings is 1. The molecule has 0 saturated carbocycles. The van der Waals surface area contributed by atoms with E-state index in [1.165, 1.54) is 11.0 Å². The minimum atomic E-state index is -0.461. The van der Waals surface area contributed by atoms with Gasteiger partial charge >= 0.3 is 0 Å². The van der Waals surface area contributed by atoms with Gasteiger partial charge in [0.1, 0.15) is 12.4 Å². The molecule has 0 saturated heterocycles. The molecule has 0 unspecified atom stereocenters. The van der Waals surface area contributed by atoms with Crippen LogP contribution in [0.4, 0.5) is 0 Å². The molecule has 6 nitrogen and oxygen atoms in total. The number of amides is 1. The zero-order chi connectivity index (χ0) is 15.2. The van der Waals surface area contributed by atoms with E-state index in [4.69, 9.17) is 0 Å². The van der Waals surface area contributed by atoms with Crippen molar-refractivity contribution in [2.45, 2.75) is 19.0 Å². The predicted octanol–water partition coefficient (Wildman–Crippen LogP) is 1.83. The van der Waals surface area contributed by atoms with E-state index in [1.807, 2.05) is 47.8 Å². The molecule has 0 fully saturated rings. The van der Waals surface area contributed by atoms with Crippen LogP contribution in [0.2, 0.25) is 0 Å². The number of nitrogens with zero attached hydrogens (tertiary/aromatic N) is 4. The highest BCUT2D eigenvalue weighted by molar-refractivity contribution is 7.09. The summed E-state index contributed by atoms with van der Waals surface area (Å²) in [6.07, 6.45) is 2.01. The Morgan fingerprint density at radius 1 is 1.23 bits per heavy atom. The molecule has 0 spiro atoms. The number of carbonyl (C=O) groups excluding carboxylic acids is 1. The smallest absolute Gasteiger partial charge is 0.245 e. The van der Waals surface area contributed by atoms with Crippen LogP contribution in [0.25, 0.3) is 0 Å². The van der Waals surface area contributed by atoms with Gasteiger partial charge in [-0.15, -0.1) is 16.4 Å². The molecule has 1 aromatic carbocycles. The molecule has 3 aromatic rings. The first-order valence-corrected chi connectivity index (χ1v) is 7.77. The number of benzene rings is 1. The van der Waals surface area contributed by atoms with Gasteiger partial charge in [-0.1, -0.05) is 36.4 Å². The van der Waals surface area contributed by atoms with E-state index in [1.54, 1.807) is 11.3 Å². The van der Waals surface area contributed by atoms with Gasteiger partial charge in [0, 0.05) is 11.3 Å². The van der Waals surface area contributed by atoms with Crippen LogP contribution in [0.3, 0.4) is 0 Å². The highest BCUT2D eigenvalue weighted by atomic mass is 32.1. The van der Waals surface area contributed by atoms with Gasteiger partial charge in [-0.3, -0.25) is 4.79 Å². The van der Waals surface area contributed by atoms with Crippen LogP contribution in [0.15, 0.2) is 54.2 Å². The second-order valence-corrected chi connectivity index (χ2v) is 5.82. The largest absolute Gasteiger partial charge is 0.349 e. The molecule has 0 aliphatic carbocycles. The fraction of sp³-hybridized carbons (Fsp3) is 0.200. The summed E-state index contributed by atoms with van der Waals surface area (Å²) in [7, 11) is 0. The van der Waals surface area contributed by atoms with Crippen LogP contribution in [0, 0.1) is 0 Å². The SMILES string of the molecule is O=C(NCc1cccs1)[C@@H](Cc1ccccc1)n1cnnn1. The molecule has 112 valence electrons. The van der Waals surface area contributed by atoms with Crippen molar-refractivity contribution in [2.75, 3.05) is 0 Å². The topological polar surface area (TPSA) is 72.7 Å². The van der Waals surface area contributed by atoms with Crippen molar-refractivity contribution >= 4 is 17.2 Å². The van der Waals surface area contributed by atoms with Crippen LogP contribution in [0.1, 0.15) is 16.5 Å². The van der Waals surface area contributed by atoms with E-state index in [0.29, 0.717) is 13.0 Å². The van der Waals surface area contributed by atoms with E-state index < -0.39 is 6.04 Å². The maximum Gasteiger partial charge on any atom is 0.245 e. The van der Waals surface area contributed by atoms with Gasteiger partial charge in [0.2, 0.25) is 5.91 Å². The molecular formula is C15H15N5OS. The molecule has 1 amide bonds. The average molecular weight is 313 g/mol. The van der Waals surface area contributed by atoms with Crippen molar-refractivity contribution in [2.24, 2.45) is 0 Å². The lowest BCUT2D eigenvalue weighted by Crippen LogP contribution is -2.33. The summed E-state index contributed by atoms with van der Waals surface area (Å²) in [4.78, 5) is 13.6. The summed E-state index contributed by atoms with van der Waals surface area (Å²) in [6.45, 7) is 0.518. The minimum absolute atomic E-state index is 0.0930. The van der Waals surface area contributed by atoms with Gasteiger partial charge in [-0.25, -0.2) is 4.68 Å². The van der Waals surface area contributed by atoms with E-state index in [0.717, 1.165) is 10.4 Å². The molecule has 7 heteroatoms. The monoisotopic (exact) mass is 313 g/mol. The molecule has 2 heterocycles. The van der Waals surface area contributed by atoms with E-state index in [-0.39, 0.29) is 5.91 Å². The summed E-state index contributed by atoms with van der Waals surface area (Å²) in [5.41, 5.74) is 1.06. The lowest BCUT2D eigenvalue weighted by atomic mass is 10.1. The van der Waals surface area contributed by atoms with E-state index >= 15 is 0 Å². The highest BCUT2D eigenvalue weighted by Gasteiger charge is 2.22. The van der Waals surface area contributed by atoms with Crippen LogP contribution in [-0.4, -0.2) is 26.1 Å². The summed E-state index contributed by atoms with van der Waals surface area (Å²) in [5, 5.41) is 16.1. The quantitative estimate of drug-likeness (QED) is 0.753. The lowest BCUT2D eigenvalue weighted by molar-refractivity contribution is -0.124. The van der Waals surface area contributed by atoms with Gasteiger partial charge in [0.05, 0.1) is 6.54 Å². The standard InChI is InChI=1S/C15H15N5OS/c21-15(16-10-13-7-4-8-22-13)14(20-11-17-18-19-20)9-12-5-2-1-3-6-12/h1-8,11,14H,9-10H2,(H,16,21)/t14-/m1/s1. The summed E-state index contributed by atoms with van der Waals surface area (Å²) >= 11 is 1.62. The highest BCUT2D eigenvalue weighted by Crippen LogP contribution is 2.14. The molecule has 3 rings (SSSR count). The normalized spacial score (nSPS) is 12.0. The Morgan fingerprint density at radius 3 is 2.77 bits per heavy atom. The average Bonchev–Trinajstić information content (AvgIpc) is 3.24. The summed E-state index contributed by atoms with van der Waals surface area (Å²) in [6, 6.07) is 13.3. The molecule has 2 aromatic heterocycles. The molecule has 22 heavy (non-hydrogen) atoms. The maximum absolute atomic E-state index is 12.5. The van der Waals surface area contributed by atoms with Crippen molar-refractivity contribution in [3.63, 3.8) is 0 Å². The second kappa shape index (κ2) is 6.95. The van der Waals surface area contributed by atoms with Crippen LogP contribution in [0.5, 0.6) is 0 Å². The Morgan fingerprint density at radius 2 is 2.09 bits per heavy atom. The van der Waals surface area contributed by atoms with Gasteiger partial charge in [-0.2, -0.15) is 0 Å². The van der Waals surface area contributed by atoms with Crippen molar-refractivity contribution < 1.29 is 4.79 Å². The number of aromatic nitrogens is 4. The molecule has 1 atom stereocenters. The third-order valence-electron chi connectivity index (χ3n) is 3.28. The lowest BCUT2D eigenvalue weighted by Gasteiger charge is -2.16. The Balaban J connectivity index is 1.72. The predicted molar refractivity (Wildman–Crippen MR) is 83.2 cm³/mol. The van der Waals surface area contributed by atoms with Crippen LogP contribution < -0.4 is 5.32 Å². The Kier molecular flexibility index (Phi) is 4.55. The van der Waals surface area contributed by atoms with Crippen molar-refractivity contribution in [1.29, 1.82) is 0 Å². The van der Waals surface area contributed by atoms with Crippen molar-refractivity contribution in [3.8, 4) is 0 Å². The van der Waals surface area contributed by atoms with E-state index in [9.17, 15) is 4.79 Å². The van der Waals surface area contributed by atoms with Crippen molar-refractivity contribution in [1.82, 2.24) is 25.5 Å². The van der Waals surface area contributed by atoms with Gasteiger partial charge in [0.25, 0.3) is 0 Å². The van der Waals surface area contributed by atoms with Gasteiger partial charge < -0.3 is 5.32 Å². The van der Waals surface area contributed by atoms with Gasteiger partial charge in [-0.05, 0) is 27.4 Å². The number of hydrogen-bond donors (Lipinski definition) is 1. The first-order valence-electron chi connectivity index (χ1n) is 6.89. The molecule has 1 N–H and O–H groups in total. The molecule has 0 bridgehead atoms. The molecule has 0 aliphatic rings. The zero-order valence-corrected chi connectivity index (χ0v) is 12.6. The fourth-order valence-corrected chi connectivity index (χ4v) is 2.80. The van der Waals surface area contributed by atoms with Crippen molar-refractivity contribution in [3.05, 3.63) is 64.6 Å². The number of tetrazole rings is 1.